The van der Waals surface area contributed by atoms with E-state index in [1.807, 2.05) is 13.0 Å². The molecule has 5 nitrogen and oxygen atoms in total. The highest BCUT2D eigenvalue weighted by atomic mass is 79.9. The van der Waals surface area contributed by atoms with Gasteiger partial charge in [-0.2, -0.15) is 0 Å². The van der Waals surface area contributed by atoms with Gasteiger partial charge in [-0.1, -0.05) is 0 Å². The number of hydrogen-bond acceptors (Lipinski definition) is 6. The summed E-state index contributed by atoms with van der Waals surface area (Å²) in [7, 11) is 1.52. The largest absolute Gasteiger partial charge is 0.504 e. The van der Waals surface area contributed by atoms with Crippen LogP contribution in [0.15, 0.2) is 28.1 Å². The molecule has 0 spiro atoms. The highest BCUT2D eigenvalue weighted by Crippen LogP contribution is 2.35. The lowest BCUT2D eigenvalue weighted by molar-refractivity contribution is 0.374. The molecule has 2 heterocycles. The molecule has 3 aromatic rings. The number of thiophene rings is 1. The Morgan fingerprint density at radius 3 is 2.74 bits per heavy atom. The molecule has 0 bridgehead atoms. The molecule has 0 aliphatic rings. The summed E-state index contributed by atoms with van der Waals surface area (Å²) >= 11 is 5.16. The van der Waals surface area contributed by atoms with Gasteiger partial charge in [-0.15, -0.1) is 11.3 Å². The Kier molecular flexibility index (Phi) is 4.41. The monoisotopic (exact) mass is 393 g/mol. The first-order valence-corrected chi connectivity index (χ1v) is 8.66. The van der Waals surface area contributed by atoms with E-state index in [-0.39, 0.29) is 11.8 Å². The second kappa shape index (κ2) is 6.33. The van der Waals surface area contributed by atoms with Crippen LogP contribution in [0.1, 0.15) is 23.7 Å². The Labute approximate surface area is 146 Å². The van der Waals surface area contributed by atoms with Crippen LogP contribution in [0.25, 0.3) is 10.9 Å². The van der Waals surface area contributed by atoms with Gasteiger partial charge >= 0.3 is 0 Å². The summed E-state index contributed by atoms with van der Waals surface area (Å²) < 4.78 is 6.24. The second-order valence-corrected chi connectivity index (χ2v) is 7.66. The van der Waals surface area contributed by atoms with Crippen molar-refractivity contribution in [3.63, 3.8) is 0 Å². The summed E-state index contributed by atoms with van der Waals surface area (Å²) in [5.74, 6) is 1.83. The number of rotatable bonds is 4. The van der Waals surface area contributed by atoms with Gasteiger partial charge in [0.25, 0.3) is 0 Å². The van der Waals surface area contributed by atoms with Crippen molar-refractivity contribution in [2.75, 3.05) is 12.4 Å². The van der Waals surface area contributed by atoms with Crippen LogP contribution in [0.2, 0.25) is 0 Å². The topological polar surface area (TPSA) is 67.3 Å². The average Bonchev–Trinajstić information content (AvgIpc) is 2.94. The minimum Gasteiger partial charge on any atom is -0.504 e. The van der Waals surface area contributed by atoms with Crippen LogP contribution in [0.3, 0.4) is 0 Å². The van der Waals surface area contributed by atoms with Gasteiger partial charge in [-0.05, 0) is 48.0 Å². The molecule has 7 heteroatoms. The Morgan fingerprint density at radius 1 is 1.30 bits per heavy atom. The maximum Gasteiger partial charge on any atom is 0.162 e. The van der Waals surface area contributed by atoms with Gasteiger partial charge in [0.15, 0.2) is 11.5 Å². The summed E-state index contributed by atoms with van der Waals surface area (Å²) in [6, 6.07) is 7.54. The first-order valence-electron chi connectivity index (χ1n) is 7.05. The van der Waals surface area contributed by atoms with E-state index in [0.717, 1.165) is 14.7 Å². The van der Waals surface area contributed by atoms with Gasteiger partial charge in [0.2, 0.25) is 0 Å². The van der Waals surface area contributed by atoms with Crippen LogP contribution in [0.5, 0.6) is 11.5 Å². The summed E-state index contributed by atoms with van der Waals surface area (Å²) in [4.78, 5) is 10.1. The van der Waals surface area contributed by atoms with Crippen LogP contribution < -0.4 is 10.1 Å². The van der Waals surface area contributed by atoms with Crippen molar-refractivity contribution in [3.05, 3.63) is 38.8 Å². The number of aryl methyl sites for hydroxylation is 1. The molecule has 2 aromatic heterocycles. The summed E-state index contributed by atoms with van der Waals surface area (Å²) in [5.41, 5.74) is 0.731. The minimum atomic E-state index is 0.0713. The number of nitrogens with one attached hydrogen (secondary N) is 1. The highest BCUT2D eigenvalue weighted by molar-refractivity contribution is 9.11. The zero-order valence-corrected chi connectivity index (χ0v) is 15.3. The lowest BCUT2D eigenvalue weighted by Crippen LogP contribution is -2.08. The van der Waals surface area contributed by atoms with Crippen molar-refractivity contribution >= 4 is 44.0 Å². The summed E-state index contributed by atoms with van der Waals surface area (Å²) in [6.45, 7) is 3.92. The Balaban J connectivity index is 2.04. The van der Waals surface area contributed by atoms with Crippen molar-refractivity contribution in [1.82, 2.24) is 9.97 Å². The third-order valence-corrected chi connectivity index (χ3v) is 5.29. The van der Waals surface area contributed by atoms with Crippen LogP contribution >= 0.6 is 27.3 Å². The van der Waals surface area contributed by atoms with Crippen molar-refractivity contribution in [2.24, 2.45) is 0 Å². The number of anilines is 1. The standard InChI is InChI=1S/C16H16BrN3O2S/c1-8(14-4-5-15(17)23-14)18-16-10-6-12(21)13(22-3)7-11(10)19-9(2)20-16/h4-8,21H,1-3H3,(H,18,19,20)/t8-/m1/s1. The van der Waals surface area contributed by atoms with Crippen molar-refractivity contribution in [1.29, 1.82) is 0 Å². The number of phenols is 1. The number of methoxy groups -OCH3 is 1. The van der Waals surface area contributed by atoms with Crippen molar-refractivity contribution in [3.8, 4) is 11.5 Å². The smallest absolute Gasteiger partial charge is 0.162 e. The average molecular weight is 394 g/mol. The van der Waals surface area contributed by atoms with Crippen LogP contribution in [-0.4, -0.2) is 22.2 Å². The van der Waals surface area contributed by atoms with Crippen molar-refractivity contribution in [2.45, 2.75) is 19.9 Å². The number of aromatic hydroxyl groups is 1. The minimum absolute atomic E-state index is 0.0713. The molecule has 0 amide bonds. The molecule has 23 heavy (non-hydrogen) atoms. The number of halogens is 1. The van der Waals surface area contributed by atoms with Crippen molar-refractivity contribution < 1.29 is 9.84 Å². The van der Waals surface area contributed by atoms with Gasteiger partial charge in [-0.25, -0.2) is 9.97 Å². The Morgan fingerprint density at radius 2 is 2.09 bits per heavy atom. The molecule has 2 N–H and O–H groups in total. The maximum absolute atomic E-state index is 10.0. The molecular formula is C16H16BrN3O2S. The fourth-order valence-corrected chi connectivity index (χ4v) is 3.80. The van der Waals surface area contributed by atoms with Gasteiger partial charge in [0, 0.05) is 16.3 Å². The van der Waals surface area contributed by atoms with Gasteiger partial charge in [0.05, 0.1) is 22.5 Å². The molecule has 1 aromatic carbocycles. The second-order valence-electron chi connectivity index (χ2n) is 5.17. The predicted molar refractivity (Wildman–Crippen MR) is 96.5 cm³/mol. The first-order chi connectivity index (χ1) is 11.0. The molecule has 120 valence electrons. The molecule has 0 fully saturated rings. The van der Waals surface area contributed by atoms with E-state index in [1.54, 1.807) is 23.5 Å². The number of phenolic OH excluding ortho intramolecular Hbond substituents is 1. The van der Waals surface area contributed by atoms with E-state index >= 15 is 0 Å². The lowest BCUT2D eigenvalue weighted by Gasteiger charge is -2.16. The third-order valence-electron chi connectivity index (χ3n) is 3.48. The first kappa shape index (κ1) is 16.0. The van der Waals surface area contributed by atoms with Crippen LogP contribution in [-0.2, 0) is 0 Å². The van der Waals surface area contributed by atoms with Gasteiger partial charge < -0.3 is 15.2 Å². The fraction of sp³-hybridized carbons (Fsp3) is 0.250. The number of fused-ring (bicyclic) bond motifs is 1. The van der Waals surface area contributed by atoms with E-state index in [2.05, 4.69) is 44.2 Å². The number of nitrogens with zero attached hydrogens (tertiary/aromatic N) is 2. The van der Waals surface area contributed by atoms with E-state index in [4.69, 9.17) is 4.74 Å². The fourth-order valence-electron chi connectivity index (χ4n) is 2.37. The zero-order chi connectivity index (χ0) is 16.6. The predicted octanol–water partition coefficient (Wildman–Crippen LogP) is 4.65. The van der Waals surface area contributed by atoms with E-state index in [1.165, 1.54) is 12.0 Å². The van der Waals surface area contributed by atoms with Crippen LogP contribution in [0, 0.1) is 6.92 Å². The Bertz CT molecular complexity index is 866. The molecule has 0 saturated carbocycles. The quantitative estimate of drug-likeness (QED) is 0.674. The lowest BCUT2D eigenvalue weighted by atomic mass is 10.2. The third kappa shape index (κ3) is 3.25. The number of hydrogen-bond donors (Lipinski definition) is 2. The molecule has 0 unspecified atom stereocenters. The molecule has 0 aliphatic heterocycles. The Hall–Kier alpha value is -1.86. The van der Waals surface area contributed by atoms with Gasteiger partial charge in [-0.3, -0.25) is 0 Å². The van der Waals surface area contributed by atoms with Gasteiger partial charge in [0.1, 0.15) is 11.6 Å². The molecular weight excluding hydrogens is 378 g/mol. The van der Waals surface area contributed by atoms with Crippen LogP contribution in [0.4, 0.5) is 5.82 Å². The van der Waals surface area contributed by atoms with E-state index < -0.39 is 0 Å². The molecule has 0 aliphatic carbocycles. The zero-order valence-electron chi connectivity index (χ0n) is 12.9. The summed E-state index contributed by atoms with van der Waals surface area (Å²) in [5, 5.41) is 14.2. The molecule has 3 rings (SSSR count). The molecule has 0 radical (unpaired) electrons. The maximum atomic E-state index is 10.0. The number of benzene rings is 1. The number of ether oxygens (including phenoxy) is 1. The van der Waals surface area contributed by atoms with E-state index in [9.17, 15) is 5.11 Å². The highest BCUT2D eigenvalue weighted by Gasteiger charge is 2.14. The molecule has 0 saturated heterocycles. The summed E-state index contributed by atoms with van der Waals surface area (Å²) in [6.07, 6.45) is 0. The van der Waals surface area contributed by atoms with E-state index in [0.29, 0.717) is 17.4 Å². The number of aromatic nitrogens is 2. The normalized spacial score (nSPS) is 12.3. The molecule has 1 atom stereocenters. The SMILES string of the molecule is COc1cc2nc(C)nc(N[C@H](C)c3ccc(Br)s3)c2cc1O.